The fourth-order valence-electron chi connectivity index (χ4n) is 2.26. The van der Waals surface area contributed by atoms with Crippen LogP contribution in [-0.2, 0) is 9.63 Å². The first-order chi connectivity index (χ1) is 11.3. The lowest BCUT2D eigenvalue weighted by atomic mass is 10.1. The highest BCUT2D eigenvalue weighted by molar-refractivity contribution is 5.72. The summed E-state index contributed by atoms with van der Waals surface area (Å²) in [6.45, 7) is 5.57. The summed E-state index contributed by atoms with van der Waals surface area (Å²) in [5, 5.41) is 1.27. The number of hydroxylamine groups is 1. The molecule has 0 aromatic heterocycles. The summed E-state index contributed by atoms with van der Waals surface area (Å²) in [4.78, 5) is 16.6. The second-order valence-corrected chi connectivity index (χ2v) is 5.73. The maximum atomic E-state index is 11.2. The van der Waals surface area contributed by atoms with Gasteiger partial charge in [-0.3, -0.25) is 9.63 Å². The second-order valence-electron chi connectivity index (χ2n) is 5.73. The van der Waals surface area contributed by atoms with Gasteiger partial charge in [0.15, 0.2) is 0 Å². The summed E-state index contributed by atoms with van der Waals surface area (Å²) >= 11 is 0. The van der Waals surface area contributed by atoms with Gasteiger partial charge < -0.3 is 4.74 Å². The zero-order valence-corrected chi connectivity index (χ0v) is 14.6. The van der Waals surface area contributed by atoms with Crippen molar-refractivity contribution in [1.82, 2.24) is 0 Å². The summed E-state index contributed by atoms with van der Waals surface area (Å²) in [7, 11) is 0. The van der Waals surface area contributed by atoms with E-state index in [0.717, 1.165) is 25.0 Å². The quantitative estimate of drug-likeness (QED) is 0.271. The number of hydrogen-bond donors (Lipinski definition) is 0. The van der Waals surface area contributed by atoms with Crippen molar-refractivity contribution in [2.24, 2.45) is 0 Å². The molecule has 0 saturated carbocycles. The molecule has 0 atom stereocenters. The Morgan fingerprint density at radius 2 is 1.70 bits per heavy atom. The summed E-state index contributed by atoms with van der Waals surface area (Å²) in [5.41, 5.74) is 0.705. The molecule has 1 aromatic rings. The van der Waals surface area contributed by atoms with Gasteiger partial charge in [0.1, 0.15) is 5.75 Å². The van der Waals surface area contributed by atoms with E-state index in [4.69, 9.17) is 9.57 Å². The van der Waals surface area contributed by atoms with Crippen LogP contribution in [0.2, 0.25) is 0 Å². The lowest BCUT2D eigenvalue weighted by Gasteiger charge is -2.17. The molecular weight excluding hydrogens is 290 g/mol. The first-order valence-electron chi connectivity index (χ1n) is 8.92. The normalized spacial score (nSPS) is 10.5. The van der Waals surface area contributed by atoms with E-state index in [9.17, 15) is 4.79 Å². The molecule has 0 spiro atoms. The third-order valence-corrected chi connectivity index (χ3v) is 3.66. The molecule has 1 aromatic carbocycles. The minimum absolute atomic E-state index is 0.540. The monoisotopic (exact) mass is 321 g/mol. The van der Waals surface area contributed by atoms with Crippen molar-refractivity contribution in [3.05, 3.63) is 24.3 Å². The molecule has 0 unspecified atom stereocenters. The number of hydrogen-bond acceptors (Lipinski definition) is 3. The predicted molar refractivity (Wildman–Crippen MR) is 94.7 cm³/mol. The lowest BCUT2D eigenvalue weighted by molar-refractivity contribution is -0.114. The summed E-state index contributed by atoms with van der Waals surface area (Å²) in [6, 6.07) is 7.48. The molecule has 1 rings (SSSR count). The lowest BCUT2D eigenvalue weighted by Crippen LogP contribution is -2.22. The Morgan fingerprint density at radius 3 is 2.43 bits per heavy atom. The van der Waals surface area contributed by atoms with Crippen molar-refractivity contribution >= 4 is 12.1 Å². The molecule has 0 N–H and O–H groups in total. The van der Waals surface area contributed by atoms with Gasteiger partial charge in [0, 0.05) is 6.07 Å². The third kappa shape index (κ3) is 8.60. The largest absolute Gasteiger partial charge is 0.494 e. The van der Waals surface area contributed by atoms with E-state index in [1.165, 1.54) is 37.2 Å². The molecule has 0 radical (unpaired) electrons. The zero-order valence-electron chi connectivity index (χ0n) is 14.6. The molecule has 0 aliphatic carbocycles. The maximum Gasteiger partial charge on any atom is 0.238 e. The van der Waals surface area contributed by atoms with Crippen LogP contribution >= 0.6 is 0 Å². The Labute approximate surface area is 140 Å². The average Bonchev–Trinajstić information content (AvgIpc) is 2.58. The van der Waals surface area contributed by atoms with Crippen molar-refractivity contribution in [2.75, 3.05) is 18.3 Å². The summed E-state index contributed by atoms with van der Waals surface area (Å²) < 4.78 is 5.78. The van der Waals surface area contributed by atoms with Crippen LogP contribution in [0, 0.1) is 0 Å². The Morgan fingerprint density at radius 1 is 0.957 bits per heavy atom. The van der Waals surface area contributed by atoms with Crippen molar-refractivity contribution in [3.63, 3.8) is 0 Å². The molecule has 130 valence electrons. The number of anilines is 1. The van der Waals surface area contributed by atoms with E-state index in [-0.39, 0.29) is 0 Å². The molecule has 4 nitrogen and oxygen atoms in total. The minimum Gasteiger partial charge on any atom is -0.494 e. The van der Waals surface area contributed by atoms with Gasteiger partial charge in [-0.25, -0.2) is 0 Å². The molecular formula is C19H31NO3. The van der Waals surface area contributed by atoms with E-state index in [1.807, 2.05) is 24.3 Å². The van der Waals surface area contributed by atoms with Gasteiger partial charge in [0.25, 0.3) is 0 Å². The van der Waals surface area contributed by atoms with E-state index < -0.39 is 0 Å². The van der Waals surface area contributed by atoms with Crippen LogP contribution in [0.5, 0.6) is 5.75 Å². The van der Waals surface area contributed by atoms with Crippen LogP contribution in [-0.4, -0.2) is 19.6 Å². The van der Waals surface area contributed by atoms with E-state index in [1.54, 1.807) is 0 Å². The number of carbonyl (C=O) groups is 1. The van der Waals surface area contributed by atoms with Crippen molar-refractivity contribution in [2.45, 2.75) is 65.2 Å². The smallest absolute Gasteiger partial charge is 0.238 e. The molecule has 4 heteroatoms. The van der Waals surface area contributed by atoms with Crippen LogP contribution in [0.1, 0.15) is 65.2 Å². The fourth-order valence-corrected chi connectivity index (χ4v) is 2.26. The molecule has 23 heavy (non-hydrogen) atoms. The summed E-state index contributed by atoms with van der Waals surface area (Å²) in [6.07, 6.45) is 10.1. The molecule has 0 saturated heterocycles. The van der Waals surface area contributed by atoms with Crippen LogP contribution in [0.3, 0.4) is 0 Å². The standard InChI is InChI=1S/C19H31NO3/c1-3-5-7-8-9-10-14-22-19-13-11-12-18(16-19)20(17-21)23-15-6-4-2/h11-13,16-17H,3-10,14-15H2,1-2H3. The van der Waals surface area contributed by atoms with Gasteiger partial charge in [0.2, 0.25) is 6.41 Å². The van der Waals surface area contributed by atoms with Gasteiger partial charge in [-0.1, -0.05) is 58.4 Å². The number of unbranched alkanes of at least 4 members (excludes halogenated alkanes) is 6. The highest BCUT2D eigenvalue weighted by atomic mass is 16.7. The SMILES string of the molecule is CCCCCCCCOc1cccc(N(C=O)OCCCC)c1. The number of benzene rings is 1. The second kappa shape index (κ2) is 12.9. The van der Waals surface area contributed by atoms with Crippen molar-refractivity contribution in [1.29, 1.82) is 0 Å². The minimum atomic E-state index is 0.540. The Hall–Kier alpha value is -1.55. The zero-order chi connectivity index (χ0) is 16.8. The molecule has 0 aliphatic heterocycles. The van der Waals surface area contributed by atoms with Crippen LogP contribution in [0.25, 0.3) is 0 Å². The predicted octanol–water partition coefficient (Wildman–Crippen LogP) is 5.12. The first-order valence-corrected chi connectivity index (χ1v) is 8.92. The molecule has 0 aliphatic rings. The number of ether oxygens (including phenoxy) is 1. The van der Waals surface area contributed by atoms with E-state index >= 15 is 0 Å². The Balaban J connectivity index is 2.35. The third-order valence-electron chi connectivity index (χ3n) is 3.66. The van der Waals surface area contributed by atoms with Gasteiger partial charge in [-0.15, -0.1) is 0 Å². The number of rotatable bonds is 14. The number of carbonyl (C=O) groups excluding carboxylic acids is 1. The number of amides is 1. The Kier molecular flexibility index (Phi) is 11.0. The van der Waals surface area contributed by atoms with Crippen LogP contribution in [0.15, 0.2) is 24.3 Å². The van der Waals surface area contributed by atoms with Gasteiger partial charge in [0.05, 0.1) is 18.9 Å². The van der Waals surface area contributed by atoms with Gasteiger partial charge in [-0.05, 0) is 25.0 Å². The van der Waals surface area contributed by atoms with E-state index in [2.05, 4.69) is 13.8 Å². The summed E-state index contributed by atoms with van der Waals surface area (Å²) in [5.74, 6) is 0.780. The van der Waals surface area contributed by atoms with Crippen molar-refractivity contribution < 1.29 is 14.4 Å². The first kappa shape index (κ1) is 19.5. The molecule has 0 fully saturated rings. The van der Waals surface area contributed by atoms with Crippen LogP contribution < -0.4 is 9.80 Å². The van der Waals surface area contributed by atoms with Crippen molar-refractivity contribution in [3.8, 4) is 5.75 Å². The fraction of sp³-hybridized carbons (Fsp3) is 0.632. The highest BCUT2D eigenvalue weighted by Gasteiger charge is 2.07. The van der Waals surface area contributed by atoms with Gasteiger partial charge >= 0.3 is 0 Å². The van der Waals surface area contributed by atoms with E-state index in [0.29, 0.717) is 25.3 Å². The topological polar surface area (TPSA) is 38.8 Å². The maximum absolute atomic E-state index is 11.2. The number of nitrogens with zero attached hydrogens (tertiary/aromatic N) is 1. The average molecular weight is 321 g/mol. The molecule has 0 bridgehead atoms. The molecule has 0 heterocycles. The Bertz CT molecular complexity index is 423. The molecule has 1 amide bonds. The van der Waals surface area contributed by atoms with Gasteiger partial charge in [-0.2, -0.15) is 5.06 Å². The highest BCUT2D eigenvalue weighted by Crippen LogP contribution is 2.21. The van der Waals surface area contributed by atoms with Crippen LogP contribution in [0.4, 0.5) is 5.69 Å².